The van der Waals surface area contributed by atoms with Gasteiger partial charge in [-0.05, 0) is 69.5 Å². The second-order valence-electron chi connectivity index (χ2n) is 16.0. The van der Waals surface area contributed by atoms with E-state index < -0.39 is 44.8 Å². The molecular weight excluding hydrogens is 831 g/mol. The van der Waals surface area contributed by atoms with Crippen LogP contribution in [0.4, 0.5) is 34.6 Å². The first-order valence-corrected chi connectivity index (χ1v) is 22.5. The monoisotopic (exact) mass is 879 g/mol. The number of methoxy groups -OCH3 is 1. The number of hydrogen-bond donors (Lipinski definition) is 4. The van der Waals surface area contributed by atoms with Crippen molar-refractivity contribution < 1.29 is 37.1 Å². The van der Waals surface area contributed by atoms with Crippen molar-refractivity contribution >= 4 is 74.0 Å². The molecule has 4 aromatic rings. The first-order chi connectivity index (χ1) is 30.3. The van der Waals surface area contributed by atoms with E-state index in [-0.39, 0.29) is 53.2 Å². The van der Waals surface area contributed by atoms with Gasteiger partial charge in [-0.15, -0.1) is 0 Å². The molecule has 0 aliphatic carbocycles. The van der Waals surface area contributed by atoms with Crippen molar-refractivity contribution in [2.75, 3.05) is 73.8 Å². The Kier molecular flexibility index (Phi) is 12.3. The highest BCUT2D eigenvalue weighted by molar-refractivity contribution is 7.92. The number of sulfone groups is 1. The lowest BCUT2D eigenvalue weighted by atomic mass is 10.0. The second-order valence-corrected chi connectivity index (χ2v) is 18.5. The van der Waals surface area contributed by atoms with E-state index in [1.54, 1.807) is 62.3 Å². The van der Waals surface area contributed by atoms with Gasteiger partial charge in [0.25, 0.3) is 11.8 Å². The molecule has 0 radical (unpaired) electrons. The number of para-hydroxylation sites is 1. The highest BCUT2D eigenvalue weighted by Gasteiger charge is 2.45. The zero-order valence-electron chi connectivity index (χ0n) is 35.2. The van der Waals surface area contributed by atoms with Crippen LogP contribution in [0.25, 0.3) is 0 Å². The number of nitrogens with one attached hydrogen (secondary N) is 4. The number of nitrogens with zero attached hydrogens (tertiary/aromatic N) is 7. The number of ether oxygens (including phenoxy) is 1. The van der Waals surface area contributed by atoms with Crippen molar-refractivity contribution in [1.29, 1.82) is 0 Å². The summed E-state index contributed by atoms with van der Waals surface area (Å²) in [6.07, 6.45) is 3.32. The number of benzene rings is 3. The van der Waals surface area contributed by atoms with E-state index in [0.717, 1.165) is 49.6 Å². The van der Waals surface area contributed by atoms with Gasteiger partial charge < -0.3 is 30.5 Å². The molecule has 0 spiro atoms. The van der Waals surface area contributed by atoms with Gasteiger partial charge in [0.15, 0.2) is 9.84 Å². The predicted molar refractivity (Wildman–Crippen MR) is 233 cm³/mol. The molecule has 20 heteroatoms. The summed E-state index contributed by atoms with van der Waals surface area (Å²) in [5, 5.41) is 10.9. The molecule has 5 amide bonds. The predicted octanol–water partition coefficient (Wildman–Crippen LogP) is 3.18. The van der Waals surface area contributed by atoms with Crippen LogP contribution in [0.5, 0.6) is 5.75 Å². The third-order valence-corrected chi connectivity index (χ3v) is 14.2. The first kappa shape index (κ1) is 43.0. The number of carbonyl (C=O) groups is 5. The van der Waals surface area contributed by atoms with Crippen LogP contribution >= 0.6 is 0 Å². The van der Waals surface area contributed by atoms with Crippen molar-refractivity contribution in [1.82, 2.24) is 35.0 Å². The number of amides is 5. The number of fused-ring (bicyclic) bond motifs is 1. The fourth-order valence-electron chi connectivity index (χ4n) is 8.48. The third-order valence-electron chi connectivity index (χ3n) is 12.0. The highest BCUT2D eigenvalue weighted by atomic mass is 32.2. The maximum atomic E-state index is 13.5. The Morgan fingerprint density at radius 1 is 0.841 bits per heavy atom. The minimum absolute atomic E-state index is 0.0298. The van der Waals surface area contributed by atoms with Gasteiger partial charge in [0.05, 0.1) is 46.3 Å². The van der Waals surface area contributed by atoms with Crippen LogP contribution in [0.15, 0.2) is 71.9 Å². The summed E-state index contributed by atoms with van der Waals surface area (Å²) in [7, 11) is -1.96. The van der Waals surface area contributed by atoms with E-state index in [4.69, 9.17) is 4.74 Å². The Balaban J connectivity index is 0.816. The van der Waals surface area contributed by atoms with E-state index in [1.807, 2.05) is 18.2 Å². The lowest BCUT2D eigenvalue weighted by Crippen LogP contribution is -2.55. The molecule has 3 saturated heterocycles. The molecule has 1 aromatic heterocycles. The number of imide groups is 2. The van der Waals surface area contributed by atoms with Gasteiger partial charge in [0.1, 0.15) is 18.1 Å². The minimum atomic E-state index is -3.56. The largest absolute Gasteiger partial charge is 0.494 e. The minimum Gasteiger partial charge on any atom is -0.494 e. The third kappa shape index (κ3) is 8.85. The van der Waals surface area contributed by atoms with E-state index in [0.29, 0.717) is 41.9 Å². The van der Waals surface area contributed by atoms with E-state index in [9.17, 15) is 32.4 Å². The van der Waals surface area contributed by atoms with Crippen LogP contribution in [0, 0.1) is 0 Å². The van der Waals surface area contributed by atoms with Gasteiger partial charge in [-0.1, -0.05) is 18.2 Å². The molecule has 8 rings (SSSR count). The van der Waals surface area contributed by atoms with E-state index >= 15 is 0 Å². The van der Waals surface area contributed by atoms with Crippen LogP contribution in [0.3, 0.4) is 0 Å². The number of anilines is 6. The van der Waals surface area contributed by atoms with Crippen molar-refractivity contribution in [3.8, 4) is 5.75 Å². The van der Waals surface area contributed by atoms with Gasteiger partial charge in [-0.3, -0.25) is 39.1 Å². The van der Waals surface area contributed by atoms with Crippen LogP contribution < -0.4 is 30.9 Å². The molecule has 4 aliphatic rings. The number of aromatic nitrogens is 3. The van der Waals surface area contributed by atoms with Crippen LogP contribution in [-0.2, 0) is 24.2 Å². The maximum absolute atomic E-state index is 13.5. The molecule has 1 atom stereocenters. The molecule has 63 heavy (non-hydrogen) atoms. The zero-order valence-corrected chi connectivity index (χ0v) is 36.0. The Bertz CT molecular complexity index is 2560. The van der Waals surface area contributed by atoms with Gasteiger partial charge in [0.2, 0.25) is 29.6 Å². The average Bonchev–Trinajstić information content (AvgIpc) is 3.54. The van der Waals surface area contributed by atoms with E-state index in [1.165, 1.54) is 12.4 Å². The van der Waals surface area contributed by atoms with Gasteiger partial charge in [0, 0.05) is 69.2 Å². The zero-order chi connectivity index (χ0) is 44.4. The number of hydrogen-bond acceptors (Lipinski definition) is 16. The summed E-state index contributed by atoms with van der Waals surface area (Å²) >= 11 is 0. The Hall–Kier alpha value is -6.67. The topological polar surface area (TPSA) is 228 Å². The number of piperidine rings is 2. The van der Waals surface area contributed by atoms with Gasteiger partial charge in [-0.2, -0.15) is 4.98 Å². The number of rotatable bonds is 13. The number of carbonyl (C=O) groups excluding carboxylic acids is 5. The fraction of sp³-hybridized carbons (Fsp3) is 0.395. The maximum Gasteiger partial charge on any atom is 0.264 e. The van der Waals surface area contributed by atoms with Crippen LogP contribution in [-0.4, -0.2) is 138 Å². The highest BCUT2D eigenvalue weighted by Crippen LogP contribution is 2.35. The van der Waals surface area contributed by atoms with Crippen molar-refractivity contribution in [3.63, 3.8) is 0 Å². The lowest BCUT2D eigenvalue weighted by Gasteiger charge is -2.43. The summed E-state index contributed by atoms with van der Waals surface area (Å²) in [6, 6.07) is 16.6. The normalized spacial score (nSPS) is 18.7. The number of piperazine rings is 1. The Labute approximate surface area is 364 Å². The molecule has 4 aliphatic heterocycles. The molecule has 0 saturated carbocycles. The quantitative estimate of drug-likeness (QED) is 0.141. The van der Waals surface area contributed by atoms with Crippen molar-refractivity contribution in [2.24, 2.45) is 0 Å². The lowest BCUT2D eigenvalue weighted by molar-refractivity contribution is -0.136. The smallest absolute Gasteiger partial charge is 0.264 e. The van der Waals surface area contributed by atoms with Crippen LogP contribution in [0.2, 0.25) is 0 Å². The first-order valence-electron chi connectivity index (χ1n) is 20.9. The molecule has 3 fully saturated rings. The summed E-state index contributed by atoms with van der Waals surface area (Å²) in [5.41, 5.74) is 2.64. The molecule has 0 bridgehead atoms. The fourth-order valence-corrected chi connectivity index (χ4v) is 9.68. The molecule has 5 heterocycles. The molecule has 4 N–H and O–H groups in total. The van der Waals surface area contributed by atoms with Gasteiger partial charge in [-0.25, -0.2) is 18.4 Å². The van der Waals surface area contributed by atoms with Crippen molar-refractivity contribution in [2.45, 2.75) is 61.8 Å². The average molecular weight is 880 g/mol. The van der Waals surface area contributed by atoms with Gasteiger partial charge >= 0.3 is 0 Å². The van der Waals surface area contributed by atoms with Crippen molar-refractivity contribution in [3.05, 3.63) is 78.1 Å². The second kappa shape index (κ2) is 18.0. The molecular formula is C43H49N11O8S. The summed E-state index contributed by atoms with van der Waals surface area (Å²) < 4.78 is 31.7. The molecule has 3 aromatic carbocycles. The summed E-state index contributed by atoms with van der Waals surface area (Å²) in [5.74, 6) is -1.45. The standard InChI is InChI=1S/C43H49N11O8S/c1-26(2)63(60,61)35-10-5-4-8-31(35)48-43-46-25-45-42(50-43)47-30-12-11-28(23-34(30)62-3)51-17-15-27(16-18-51)52-19-21-53(22-20-52)37(56)24-44-32-9-6-7-29-38(32)41(59)54(40(29)58)33-13-14-36(55)49-39(33)57/h4-12,23,25-27,33,44H,13-22,24H2,1-3H3,(H,49,55,57)(H2,45,46,47,48,50). The summed E-state index contributed by atoms with van der Waals surface area (Å²) in [4.78, 5) is 84.7. The summed E-state index contributed by atoms with van der Waals surface area (Å²) in [6.45, 7) is 7.47. The van der Waals surface area contributed by atoms with E-state index in [2.05, 4.69) is 46.0 Å². The van der Waals surface area contributed by atoms with Crippen LogP contribution in [0.1, 0.15) is 60.2 Å². The Morgan fingerprint density at radius 2 is 1.54 bits per heavy atom. The SMILES string of the molecule is COc1cc(N2CCC(N3CCN(C(=O)CNc4cccc5c4C(=O)N(C4CCC(=O)NC4=O)C5=O)CC3)CC2)ccc1Nc1ncnc(Nc2ccccc2S(=O)(=O)C(C)C)n1. The Morgan fingerprint density at radius 3 is 2.24 bits per heavy atom. The molecule has 1 unspecified atom stereocenters. The molecule has 19 nitrogen and oxygen atoms in total. The molecule has 330 valence electrons.